The molecular formula is C12H16N2O4S2. The zero-order valence-corrected chi connectivity index (χ0v) is 12.6. The lowest BCUT2D eigenvalue weighted by molar-refractivity contribution is -0.139. The lowest BCUT2D eigenvalue weighted by Gasteiger charge is -2.04. The number of ether oxygens (including phenoxy) is 1. The summed E-state index contributed by atoms with van der Waals surface area (Å²) in [5.41, 5.74) is 6.06. The molecule has 110 valence electrons. The van der Waals surface area contributed by atoms with Crippen LogP contribution in [0.4, 0.5) is 0 Å². The van der Waals surface area contributed by atoms with Gasteiger partial charge in [-0.15, -0.1) is 11.3 Å². The Labute approximate surface area is 122 Å². The van der Waals surface area contributed by atoms with E-state index in [1.54, 1.807) is 13.0 Å². The van der Waals surface area contributed by atoms with Crippen molar-refractivity contribution in [1.82, 2.24) is 4.72 Å². The van der Waals surface area contributed by atoms with Crippen molar-refractivity contribution < 1.29 is 17.9 Å². The molecule has 0 aliphatic heterocycles. The van der Waals surface area contributed by atoms with Crippen molar-refractivity contribution in [3.8, 4) is 11.8 Å². The lowest BCUT2D eigenvalue weighted by Crippen LogP contribution is -2.30. The summed E-state index contributed by atoms with van der Waals surface area (Å²) < 4.78 is 30.2. The van der Waals surface area contributed by atoms with E-state index >= 15 is 0 Å². The number of hydrogen-bond acceptors (Lipinski definition) is 6. The largest absolute Gasteiger partial charge is 0.465 e. The Bertz CT molecular complexity index is 611. The van der Waals surface area contributed by atoms with Crippen molar-refractivity contribution in [2.24, 2.45) is 5.73 Å². The fourth-order valence-corrected chi connectivity index (χ4v) is 3.00. The Hall–Kier alpha value is -1.40. The molecule has 0 aliphatic carbocycles. The summed E-state index contributed by atoms with van der Waals surface area (Å²) in [4.78, 5) is 11.9. The van der Waals surface area contributed by atoms with Crippen LogP contribution in [0.5, 0.6) is 0 Å². The van der Waals surface area contributed by atoms with Crippen LogP contribution in [-0.2, 0) is 26.1 Å². The van der Waals surface area contributed by atoms with E-state index < -0.39 is 21.7 Å². The first-order valence-electron chi connectivity index (χ1n) is 5.86. The van der Waals surface area contributed by atoms with E-state index in [9.17, 15) is 13.2 Å². The molecule has 1 aromatic heterocycles. The zero-order chi connectivity index (χ0) is 15.0. The minimum atomic E-state index is -3.68. The van der Waals surface area contributed by atoms with Crippen molar-refractivity contribution in [2.45, 2.75) is 13.5 Å². The molecule has 8 heteroatoms. The van der Waals surface area contributed by atoms with Crippen LogP contribution in [0.1, 0.15) is 17.4 Å². The molecule has 0 saturated carbocycles. The topological polar surface area (TPSA) is 98.5 Å². The molecule has 0 aromatic carbocycles. The van der Waals surface area contributed by atoms with Gasteiger partial charge >= 0.3 is 5.97 Å². The molecule has 0 bridgehead atoms. The van der Waals surface area contributed by atoms with Crippen molar-refractivity contribution in [1.29, 1.82) is 0 Å². The lowest BCUT2D eigenvalue weighted by atomic mass is 10.3. The van der Waals surface area contributed by atoms with E-state index in [2.05, 4.69) is 21.3 Å². The average Bonchev–Trinajstić information content (AvgIpc) is 2.81. The Balaban J connectivity index is 2.53. The first kappa shape index (κ1) is 16.7. The molecule has 20 heavy (non-hydrogen) atoms. The molecule has 0 atom stereocenters. The summed E-state index contributed by atoms with van der Waals surface area (Å²) in [7, 11) is -3.68. The van der Waals surface area contributed by atoms with E-state index in [1.807, 2.05) is 5.38 Å². The number of rotatable bonds is 6. The molecule has 1 heterocycles. The smallest absolute Gasteiger partial charge is 0.322 e. The number of nitrogens with two attached hydrogens (primary N) is 1. The van der Waals surface area contributed by atoms with Gasteiger partial charge in [-0.25, -0.2) is 13.1 Å². The van der Waals surface area contributed by atoms with Gasteiger partial charge in [0.15, 0.2) is 5.75 Å². The molecular weight excluding hydrogens is 300 g/mol. The van der Waals surface area contributed by atoms with Gasteiger partial charge in [0, 0.05) is 22.4 Å². The second kappa shape index (κ2) is 8.01. The first-order valence-corrected chi connectivity index (χ1v) is 8.39. The molecule has 6 nitrogen and oxygen atoms in total. The summed E-state index contributed by atoms with van der Waals surface area (Å²) in [6.45, 7) is 2.17. The van der Waals surface area contributed by atoms with Gasteiger partial charge in [-0.1, -0.05) is 11.8 Å². The van der Waals surface area contributed by atoms with Crippen LogP contribution in [0.15, 0.2) is 11.4 Å². The molecule has 0 fully saturated rings. The maximum absolute atomic E-state index is 11.6. The van der Waals surface area contributed by atoms with Gasteiger partial charge in [-0.05, 0) is 13.0 Å². The Morgan fingerprint density at radius 3 is 2.95 bits per heavy atom. The third-order valence-corrected chi connectivity index (χ3v) is 4.20. The number of nitrogens with one attached hydrogen (secondary N) is 1. The van der Waals surface area contributed by atoms with E-state index in [-0.39, 0.29) is 19.7 Å². The normalized spacial score (nSPS) is 10.7. The minimum Gasteiger partial charge on any atom is -0.465 e. The predicted octanol–water partition coefficient (Wildman–Crippen LogP) is 0.0408. The van der Waals surface area contributed by atoms with E-state index in [4.69, 9.17) is 5.73 Å². The molecule has 0 saturated heterocycles. The second-order valence-electron chi connectivity index (χ2n) is 3.69. The maximum Gasteiger partial charge on any atom is 0.322 e. The summed E-state index contributed by atoms with van der Waals surface area (Å²) in [5, 5.41) is 1.82. The fourth-order valence-electron chi connectivity index (χ4n) is 1.28. The Morgan fingerprint density at radius 2 is 2.30 bits per heavy atom. The van der Waals surface area contributed by atoms with Crippen LogP contribution in [0, 0.1) is 11.8 Å². The number of carbonyl (C=O) groups is 1. The predicted molar refractivity (Wildman–Crippen MR) is 77.5 cm³/mol. The van der Waals surface area contributed by atoms with Crippen molar-refractivity contribution in [3.63, 3.8) is 0 Å². The standard InChI is InChI=1S/C12H16N2O4S2/c1-2-18-12(15)9-20(16,17)14-7-11-6-10(8-19-11)4-3-5-13/h6,8,14H,2,5,7,9,13H2,1H3. The van der Waals surface area contributed by atoms with Crippen LogP contribution >= 0.6 is 11.3 Å². The molecule has 0 radical (unpaired) electrons. The van der Waals surface area contributed by atoms with Crippen LogP contribution in [0.25, 0.3) is 0 Å². The molecule has 3 N–H and O–H groups in total. The fraction of sp³-hybridized carbons (Fsp3) is 0.417. The van der Waals surface area contributed by atoms with Crippen molar-refractivity contribution in [3.05, 3.63) is 21.9 Å². The average molecular weight is 316 g/mol. The monoisotopic (exact) mass is 316 g/mol. The zero-order valence-electron chi connectivity index (χ0n) is 11.0. The quantitative estimate of drug-likeness (QED) is 0.570. The van der Waals surface area contributed by atoms with Crippen LogP contribution in [0.3, 0.4) is 0 Å². The molecule has 1 aromatic rings. The Morgan fingerprint density at radius 1 is 1.55 bits per heavy atom. The summed E-state index contributed by atoms with van der Waals surface area (Å²) in [6, 6.07) is 1.78. The van der Waals surface area contributed by atoms with Gasteiger partial charge in [0.1, 0.15) is 0 Å². The third kappa shape index (κ3) is 6.16. The number of sulfonamides is 1. The Kier molecular flexibility index (Phi) is 6.67. The van der Waals surface area contributed by atoms with E-state index in [1.165, 1.54) is 11.3 Å². The highest BCUT2D eigenvalue weighted by molar-refractivity contribution is 7.90. The highest BCUT2D eigenvalue weighted by atomic mass is 32.2. The maximum atomic E-state index is 11.6. The number of thiophene rings is 1. The van der Waals surface area contributed by atoms with E-state index in [0.29, 0.717) is 0 Å². The highest BCUT2D eigenvalue weighted by Gasteiger charge is 2.17. The van der Waals surface area contributed by atoms with Gasteiger partial charge in [0.05, 0.1) is 13.2 Å². The summed E-state index contributed by atoms with van der Waals surface area (Å²) in [6.07, 6.45) is 0. The minimum absolute atomic E-state index is 0.122. The number of hydrogen-bond donors (Lipinski definition) is 2. The SMILES string of the molecule is CCOC(=O)CS(=O)(=O)NCc1cc(C#CCN)cs1. The molecule has 0 aliphatic rings. The van der Waals surface area contributed by atoms with Crippen LogP contribution in [0.2, 0.25) is 0 Å². The third-order valence-electron chi connectivity index (χ3n) is 2.07. The van der Waals surface area contributed by atoms with Gasteiger partial charge in [-0.3, -0.25) is 4.79 Å². The molecule has 0 amide bonds. The number of carbonyl (C=O) groups excluding carboxylic acids is 1. The van der Waals surface area contributed by atoms with Gasteiger partial charge in [0.25, 0.3) is 0 Å². The van der Waals surface area contributed by atoms with Crippen LogP contribution < -0.4 is 10.5 Å². The molecule has 0 spiro atoms. The highest BCUT2D eigenvalue weighted by Crippen LogP contribution is 2.13. The van der Waals surface area contributed by atoms with Crippen LogP contribution in [-0.4, -0.2) is 33.3 Å². The first-order chi connectivity index (χ1) is 9.46. The van der Waals surface area contributed by atoms with Gasteiger partial charge in [0.2, 0.25) is 10.0 Å². The molecule has 1 rings (SSSR count). The van der Waals surface area contributed by atoms with Gasteiger partial charge < -0.3 is 10.5 Å². The van der Waals surface area contributed by atoms with Crippen molar-refractivity contribution in [2.75, 3.05) is 18.9 Å². The van der Waals surface area contributed by atoms with Gasteiger partial charge in [-0.2, -0.15) is 0 Å². The van der Waals surface area contributed by atoms with E-state index in [0.717, 1.165) is 10.4 Å². The number of esters is 1. The summed E-state index contributed by atoms with van der Waals surface area (Å²) >= 11 is 1.38. The molecule has 0 unspecified atom stereocenters. The summed E-state index contributed by atoms with van der Waals surface area (Å²) in [5.74, 6) is 4.13. The second-order valence-corrected chi connectivity index (χ2v) is 6.50. The van der Waals surface area contributed by atoms with Crippen molar-refractivity contribution >= 4 is 27.3 Å².